The minimum absolute atomic E-state index is 0.285. The topological polar surface area (TPSA) is 67.4 Å². The summed E-state index contributed by atoms with van der Waals surface area (Å²) in [5, 5.41) is 3.08. The molecule has 1 aliphatic heterocycles. The number of rotatable bonds is 4. The minimum Gasteiger partial charge on any atom is -0.404 e. The monoisotopic (exact) mass is 402 g/mol. The highest BCUT2D eigenvalue weighted by Gasteiger charge is 2.34. The van der Waals surface area contributed by atoms with Gasteiger partial charge >= 0.3 is 6.36 Å². The van der Waals surface area contributed by atoms with E-state index in [0.717, 1.165) is 12.1 Å². The van der Waals surface area contributed by atoms with E-state index in [1.165, 1.54) is 6.07 Å². The molecular formula is C12H14BrF3N2O3S. The number of alkyl halides is 3. The highest BCUT2D eigenvalue weighted by atomic mass is 79.9. The molecular weight excluding hydrogens is 389 g/mol. The number of sulfonamides is 1. The highest BCUT2D eigenvalue weighted by molar-refractivity contribution is 9.10. The minimum atomic E-state index is -4.97. The van der Waals surface area contributed by atoms with Crippen LogP contribution >= 0.6 is 15.9 Å². The average Bonchev–Trinajstić information content (AvgIpc) is 2.37. The van der Waals surface area contributed by atoms with Gasteiger partial charge in [-0.25, -0.2) is 13.1 Å². The zero-order chi connectivity index (χ0) is 16.4. The van der Waals surface area contributed by atoms with Crippen molar-refractivity contribution in [3.8, 4) is 5.75 Å². The fraction of sp³-hybridized carbons (Fsp3) is 0.500. The van der Waals surface area contributed by atoms with E-state index in [1.807, 2.05) is 0 Å². The molecule has 0 aromatic heterocycles. The molecule has 124 valence electrons. The van der Waals surface area contributed by atoms with E-state index in [2.05, 4.69) is 30.7 Å². The molecule has 0 radical (unpaired) electrons. The number of benzene rings is 1. The molecule has 0 unspecified atom stereocenters. The molecule has 0 saturated carbocycles. The predicted molar refractivity (Wildman–Crippen MR) is 77.0 cm³/mol. The molecule has 1 aliphatic rings. The molecule has 0 aliphatic carbocycles. The lowest BCUT2D eigenvalue weighted by Gasteiger charge is -2.24. The number of hydrogen-bond acceptors (Lipinski definition) is 4. The van der Waals surface area contributed by atoms with Gasteiger partial charge in [-0.05, 0) is 44.1 Å². The van der Waals surface area contributed by atoms with Crippen LogP contribution in [0.5, 0.6) is 5.75 Å². The van der Waals surface area contributed by atoms with Gasteiger partial charge in [0.2, 0.25) is 10.0 Å². The Morgan fingerprint density at radius 1 is 1.27 bits per heavy atom. The number of halogens is 4. The number of ether oxygens (including phenoxy) is 1. The van der Waals surface area contributed by atoms with Crippen LogP contribution in [-0.2, 0) is 10.0 Å². The first-order valence-corrected chi connectivity index (χ1v) is 8.73. The molecule has 0 bridgehead atoms. The standard InChI is InChI=1S/C12H14BrF3N2O3S/c13-8-1-2-11(10(7-8)21-12(14,15)16)22(19,20)18-9-3-5-17-6-4-9/h1-2,7,9,17-18H,3-6H2. The van der Waals surface area contributed by atoms with Crippen LogP contribution in [0.2, 0.25) is 0 Å². The van der Waals surface area contributed by atoms with Gasteiger partial charge in [-0.2, -0.15) is 0 Å². The third-order valence-electron chi connectivity index (χ3n) is 3.08. The SMILES string of the molecule is O=S(=O)(NC1CCNCC1)c1ccc(Br)cc1OC(F)(F)F. The molecule has 0 spiro atoms. The third kappa shape index (κ3) is 4.83. The first kappa shape index (κ1) is 17.5. The van der Waals surface area contributed by atoms with Gasteiger partial charge in [-0.3, -0.25) is 0 Å². The van der Waals surface area contributed by atoms with Gasteiger partial charge in [0, 0.05) is 10.5 Å². The van der Waals surface area contributed by atoms with Crippen molar-refractivity contribution < 1.29 is 26.3 Å². The zero-order valence-corrected chi connectivity index (χ0v) is 13.7. The summed E-state index contributed by atoms with van der Waals surface area (Å²) in [6, 6.07) is 3.09. The van der Waals surface area contributed by atoms with E-state index in [4.69, 9.17) is 0 Å². The summed E-state index contributed by atoms with van der Waals surface area (Å²) in [6.07, 6.45) is -3.82. The van der Waals surface area contributed by atoms with Gasteiger partial charge in [-0.1, -0.05) is 15.9 Å². The van der Waals surface area contributed by atoms with Crippen molar-refractivity contribution in [3.05, 3.63) is 22.7 Å². The first-order valence-electron chi connectivity index (χ1n) is 6.46. The molecule has 1 aromatic rings. The van der Waals surface area contributed by atoms with E-state index in [9.17, 15) is 21.6 Å². The van der Waals surface area contributed by atoms with E-state index in [0.29, 0.717) is 25.9 Å². The van der Waals surface area contributed by atoms with Crippen molar-refractivity contribution in [2.24, 2.45) is 0 Å². The second kappa shape index (κ2) is 6.73. The van der Waals surface area contributed by atoms with Crippen molar-refractivity contribution in [1.82, 2.24) is 10.0 Å². The normalized spacial score (nSPS) is 17.5. The summed E-state index contributed by atoms with van der Waals surface area (Å²) in [7, 11) is -4.10. The lowest BCUT2D eigenvalue weighted by atomic mass is 10.1. The van der Waals surface area contributed by atoms with Gasteiger partial charge in [0.05, 0.1) is 0 Å². The van der Waals surface area contributed by atoms with Crippen LogP contribution in [0.3, 0.4) is 0 Å². The quantitative estimate of drug-likeness (QED) is 0.811. The molecule has 2 N–H and O–H groups in total. The summed E-state index contributed by atoms with van der Waals surface area (Å²) in [6.45, 7) is 1.30. The Hall–Kier alpha value is -0.840. The van der Waals surface area contributed by atoms with Crippen LogP contribution in [-0.4, -0.2) is 33.9 Å². The van der Waals surface area contributed by atoms with Crippen LogP contribution in [0.15, 0.2) is 27.6 Å². The second-order valence-electron chi connectivity index (χ2n) is 4.78. The lowest BCUT2D eigenvalue weighted by molar-refractivity contribution is -0.275. The largest absolute Gasteiger partial charge is 0.573 e. The molecule has 1 saturated heterocycles. The zero-order valence-electron chi connectivity index (χ0n) is 11.3. The Morgan fingerprint density at radius 3 is 2.50 bits per heavy atom. The van der Waals surface area contributed by atoms with Crippen molar-refractivity contribution in [2.75, 3.05) is 13.1 Å². The molecule has 0 amide bonds. The van der Waals surface area contributed by atoms with Gasteiger partial charge < -0.3 is 10.1 Å². The average molecular weight is 403 g/mol. The summed E-state index contributed by atoms with van der Waals surface area (Å²) >= 11 is 3.00. The van der Waals surface area contributed by atoms with Crippen molar-refractivity contribution in [1.29, 1.82) is 0 Å². The molecule has 1 aromatic carbocycles. The molecule has 0 atom stereocenters. The lowest BCUT2D eigenvalue weighted by Crippen LogP contribution is -2.42. The molecule has 1 fully saturated rings. The van der Waals surface area contributed by atoms with Gasteiger partial charge in [0.15, 0.2) is 5.75 Å². The number of nitrogens with one attached hydrogen (secondary N) is 2. The van der Waals surface area contributed by atoms with Gasteiger partial charge in [0.25, 0.3) is 0 Å². The van der Waals surface area contributed by atoms with Crippen LogP contribution in [0.1, 0.15) is 12.8 Å². The molecule has 2 rings (SSSR count). The van der Waals surface area contributed by atoms with Crippen molar-refractivity contribution in [3.63, 3.8) is 0 Å². The Bertz CT molecular complexity index is 631. The van der Waals surface area contributed by atoms with Crippen LogP contribution < -0.4 is 14.8 Å². The molecule has 22 heavy (non-hydrogen) atoms. The van der Waals surface area contributed by atoms with Crippen LogP contribution in [0, 0.1) is 0 Å². The predicted octanol–water partition coefficient (Wildman–Crippen LogP) is 2.38. The molecule has 10 heteroatoms. The summed E-state index contributed by atoms with van der Waals surface area (Å²) in [5.74, 6) is -0.761. The Balaban J connectivity index is 2.29. The summed E-state index contributed by atoms with van der Waals surface area (Å²) in [4.78, 5) is -0.536. The van der Waals surface area contributed by atoms with Gasteiger partial charge in [0.1, 0.15) is 4.90 Å². The molecule has 5 nitrogen and oxygen atoms in total. The fourth-order valence-electron chi connectivity index (χ4n) is 2.13. The Morgan fingerprint density at radius 2 is 1.91 bits per heavy atom. The summed E-state index contributed by atoms with van der Waals surface area (Å²) < 4.78 is 68.5. The van der Waals surface area contributed by atoms with E-state index in [-0.39, 0.29) is 10.5 Å². The maximum Gasteiger partial charge on any atom is 0.573 e. The van der Waals surface area contributed by atoms with Crippen LogP contribution in [0.4, 0.5) is 13.2 Å². The second-order valence-corrected chi connectivity index (χ2v) is 7.38. The Labute approximate surface area is 134 Å². The Kier molecular flexibility index (Phi) is 5.36. The van der Waals surface area contributed by atoms with E-state index >= 15 is 0 Å². The fourth-order valence-corrected chi connectivity index (χ4v) is 3.89. The number of piperidine rings is 1. The third-order valence-corrected chi connectivity index (χ3v) is 5.14. The van der Waals surface area contributed by atoms with E-state index < -0.39 is 27.0 Å². The highest BCUT2D eigenvalue weighted by Crippen LogP contribution is 2.32. The summed E-state index contributed by atoms with van der Waals surface area (Å²) in [5.41, 5.74) is 0. The number of hydrogen-bond donors (Lipinski definition) is 2. The van der Waals surface area contributed by atoms with Crippen LogP contribution in [0.25, 0.3) is 0 Å². The smallest absolute Gasteiger partial charge is 0.404 e. The van der Waals surface area contributed by atoms with E-state index in [1.54, 1.807) is 0 Å². The molecule has 1 heterocycles. The maximum absolute atomic E-state index is 12.4. The maximum atomic E-state index is 12.4. The first-order chi connectivity index (χ1) is 10.2. The van der Waals surface area contributed by atoms with Crippen molar-refractivity contribution in [2.45, 2.75) is 30.1 Å². The van der Waals surface area contributed by atoms with Gasteiger partial charge in [-0.15, -0.1) is 13.2 Å². The van der Waals surface area contributed by atoms with Crippen molar-refractivity contribution >= 4 is 26.0 Å².